The minimum absolute atomic E-state index is 0.0262. The van der Waals surface area contributed by atoms with Gasteiger partial charge in [-0.15, -0.1) is 0 Å². The number of ether oxygens (including phenoxy) is 2. The summed E-state index contributed by atoms with van der Waals surface area (Å²) in [6, 6.07) is 15.6. The van der Waals surface area contributed by atoms with Crippen LogP contribution in [0.1, 0.15) is 23.2 Å². The number of methoxy groups -OCH3 is 2. The van der Waals surface area contributed by atoms with Gasteiger partial charge in [0.2, 0.25) is 0 Å². The van der Waals surface area contributed by atoms with Crippen molar-refractivity contribution in [2.75, 3.05) is 27.3 Å². The Labute approximate surface area is 177 Å². The molecule has 0 bridgehead atoms. The maximum absolute atomic E-state index is 13.0. The van der Waals surface area contributed by atoms with Gasteiger partial charge in [-0.3, -0.25) is 4.79 Å². The number of aromatic nitrogens is 2. The highest BCUT2D eigenvalue weighted by Crippen LogP contribution is 2.27. The molecule has 1 amide bonds. The maximum Gasteiger partial charge on any atom is 0.254 e. The van der Waals surface area contributed by atoms with Gasteiger partial charge < -0.3 is 18.9 Å². The summed E-state index contributed by atoms with van der Waals surface area (Å²) in [5.74, 6) is 2.80. The molecule has 1 aromatic heterocycles. The fraction of sp³-hybridized carbons (Fsp3) is 0.333. The zero-order valence-corrected chi connectivity index (χ0v) is 17.5. The van der Waals surface area contributed by atoms with Crippen LogP contribution < -0.4 is 9.47 Å². The topological polar surface area (TPSA) is 56.6 Å². The van der Waals surface area contributed by atoms with Gasteiger partial charge in [-0.2, -0.15) is 0 Å². The van der Waals surface area contributed by atoms with Crippen LogP contribution in [0.3, 0.4) is 0 Å². The van der Waals surface area contributed by atoms with E-state index in [1.54, 1.807) is 32.4 Å². The van der Waals surface area contributed by atoms with E-state index in [4.69, 9.17) is 9.47 Å². The Kier molecular flexibility index (Phi) is 6.02. The van der Waals surface area contributed by atoms with Crippen LogP contribution in [0, 0.1) is 5.92 Å². The van der Waals surface area contributed by atoms with Crippen molar-refractivity contribution in [3.05, 3.63) is 66.5 Å². The molecule has 2 aromatic carbocycles. The Bertz CT molecular complexity index is 970. The van der Waals surface area contributed by atoms with Crippen LogP contribution in [-0.2, 0) is 6.54 Å². The minimum atomic E-state index is 0.0262. The first-order valence-electron chi connectivity index (χ1n) is 10.3. The lowest BCUT2D eigenvalue weighted by atomic mass is 9.96. The molecule has 0 radical (unpaired) electrons. The smallest absolute Gasteiger partial charge is 0.254 e. The van der Waals surface area contributed by atoms with Crippen LogP contribution in [0.25, 0.3) is 11.4 Å². The quantitative estimate of drug-likeness (QED) is 0.619. The highest BCUT2D eigenvalue weighted by Gasteiger charge is 2.25. The van der Waals surface area contributed by atoms with Gasteiger partial charge >= 0.3 is 0 Å². The zero-order valence-electron chi connectivity index (χ0n) is 17.5. The highest BCUT2D eigenvalue weighted by atomic mass is 16.5. The van der Waals surface area contributed by atoms with Crippen molar-refractivity contribution in [1.82, 2.24) is 14.5 Å². The van der Waals surface area contributed by atoms with Gasteiger partial charge in [-0.1, -0.05) is 30.3 Å². The van der Waals surface area contributed by atoms with E-state index >= 15 is 0 Å². The third kappa shape index (κ3) is 4.32. The molecule has 3 aromatic rings. The lowest BCUT2D eigenvalue weighted by molar-refractivity contribution is 0.0682. The molecule has 6 nitrogen and oxygen atoms in total. The first kappa shape index (κ1) is 20.0. The number of amides is 1. The largest absolute Gasteiger partial charge is 0.497 e. The minimum Gasteiger partial charge on any atom is -0.497 e. The van der Waals surface area contributed by atoms with E-state index in [0.29, 0.717) is 23.0 Å². The summed E-state index contributed by atoms with van der Waals surface area (Å²) in [6.45, 7) is 2.41. The van der Waals surface area contributed by atoms with Gasteiger partial charge in [0.15, 0.2) is 0 Å². The fourth-order valence-electron chi connectivity index (χ4n) is 4.01. The number of carbonyl (C=O) groups excluding carboxylic acids is 1. The third-order valence-corrected chi connectivity index (χ3v) is 5.70. The fourth-order valence-corrected chi connectivity index (χ4v) is 4.01. The molecule has 0 atom stereocenters. The van der Waals surface area contributed by atoms with Crippen LogP contribution in [0.5, 0.6) is 11.5 Å². The second kappa shape index (κ2) is 9.03. The molecule has 30 heavy (non-hydrogen) atoms. The average molecular weight is 405 g/mol. The molecule has 1 aliphatic rings. The first-order valence-corrected chi connectivity index (χ1v) is 10.3. The first-order chi connectivity index (χ1) is 14.7. The molecule has 1 aliphatic heterocycles. The van der Waals surface area contributed by atoms with Gasteiger partial charge in [0, 0.05) is 49.2 Å². The number of imidazole rings is 1. The summed E-state index contributed by atoms with van der Waals surface area (Å²) in [6.07, 6.45) is 5.85. The predicted octanol–water partition coefficient (Wildman–Crippen LogP) is 4.12. The number of carbonyl (C=O) groups is 1. The molecule has 0 saturated carbocycles. The molecule has 0 N–H and O–H groups in total. The van der Waals surface area contributed by atoms with Crippen LogP contribution in [0.2, 0.25) is 0 Å². The highest BCUT2D eigenvalue weighted by molar-refractivity contribution is 5.95. The normalized spacial score (nSPS) is 14.5. The number of nitrogens with zero attached hydrogens (tertiary/aromatic N) is 3. The average Bonchev–Trinajstić information content (AvgIpc) is 3.27. The Balaban J connectivity index is 1.39. The van der Waals surface area contributed by atoms with Crippen molar-refractivity contribution in [3.63, 3.8) is 0 Å². The number of hydrogen-bond acceptors (Lipinski definition) is 4. The van der Waals surface area contributed by atoms with Crippen molar-refractivity contribution in [2.24, 2.45) is 5.92 Å². The molecule has 4 rings (SSSR count). The van der Waals surface area contributed by atoms with Crippen LogP contribution in [0.15, 0.2) is 60.9 Å². The summed E-state index contributed by atoms with van der Waals surface area (Å²) in [7, 11) is 3.18. The summed E-state index contributed by atoms with van der Waals surface area (Å²) in [4.78, 5) is 19.5. The summed E-state index contributed by atoms with van der Waals surface area (Å²) in [5, 5.41) is 0. The van der Waals surface area contributed by atoms with Crippen LogP contribution in [0.4, 0.5) is 0 Å². The van der Waals surface area contributed by atoms with Crippen molar-refractivity contribution in [3.8, 4) is 22.9 Å². The van der Waals surface area contributed by atoms with Gasteiger partial charge in [0.05, 0.1) is 14.2 Å². The number of benzene rings is 2. The van der Waals surface area contributed by atoms with E-state index in [0.717, 1.165) is 43.9 Å². The zero-order chi connectivity index (χ0) is 20.9. The van der Waals surface area contributed by atoms with Crippen molar-refractivity contribution in [2.45, 2.75) is 19.4 Å². The molecule has 1 saturated heterocycles. The Morgan fingerprint density at radius 2 is 1.70 bits per heavy atom. The van der Waals surface area contributed by atoms with E-state index in [9.17, 15) is 4.79 Å². The van der Waals surface area contributed by atoms with E-state index in [-0.39, 0.29) is 5.91 Å². The lowest BCUT2D eigenvalue weighted by Gasteiger charge is -2.32. The molecular formula is C24H27N3O3. The lowest BCUT2D eigenvalue weighted by Crippen LogP contribution is -2.39. The maximum atomic E-state index is 13.0. The number of hydrogen-bond donors (Lipinski definition) is 0. The summed E-state index contributed by atoms with van der Waals surface area (Å²) >= 11 is 0. The molecule has 0 spiro atoms. The van der Waals surface area contributed by atoms with E-state index in [1.807, 2.05) is 35.5 Å². The van der Waals surface area contributed by atoms with Crippen molar-refractivity contribution in [1.29, 1.82) is 0 Å². The van der Waals surface area contributed by atoms with Crippen LogP contribution >= 0.6 is 0 Å². The Hall–Kier alpha value is -3.28. The molecule has 1 fully saturated rings. The molecular weight excluding hydrogens is 378 g/mol. The predicted molar refractivity (Wildman–Crippen MR) is 116 cm³/mol. The van der Waals surface area contributed by atoms with E-state index < -0.39 is 0 Å². The third-order valence-electron chi connectivity index (χ3n) is 5.70. The van der Waals surface area contributed by atoms with Crippen molar-refractivity contribution < 1.29 is 14.3 Å². The monoisotopic (exact) mass is 405 g/mol. The van der Waals surface area contributed by atoms with Gasteiger partial charge in [0.25, 0.3) is 5.91 Å². The van der Waals surface area contributed by atoms with Gasteiger partial charge in [-0.25, -0.2) is 4.98 Å². The standard InChI is InChI=1S/C24H27N3O3/c1-29-21-14-20(15-22(16-21)30-2)24(28)26-11-8-18(9-12-26)17-27-13-10-25-23(27)19-6-4-3-5-7-19/h3-7,10,13-16,18H,8-9,11-12,17H2,1-2H3. The number of likely N-dealkylation sites (tertiary alicyclic amines) is 1. The van der Waals surface area contributed by atoms with E-state index in [1.165, 1.54) is 0 Å². The second-order valence-electron chi connectivity index (χ2n) is 7.61. The number of piperidine rings is 1. The van der Waals surface area contributed by atoms with E-state index in [2.05, 4.69) is 21.7 Å². The van der Waals surface area contributed by atoms with Crippen molar-refractivity contribution >= 4 is 5.91 Å². The second-order valence-corrected chi connectivity index (χ2v) is 7.61. The van der Waals surface area contributed by atoms with Gasteiger partial charge in [-0.05, 0) is 30.9 Å². The molecule has 156 valence electrons. The summed E-state index contributed by atoms with van der Waals surface area (Å²) in [5.41, 5.74) is 1.73. The SMILES string of the molecule is COc1cc(OC)cc(C(=O)N2CCC(Cn3ccnc3-c3ccccc3)CC2)c1. The summed E-state index contributed by atoms with van der Waals surface area (Å²) < 4.78 is 12.8. The van der Waals surface area contributed by atoms with Crippen LogP contribution in [-0.4, -0.2) is 47.7 Å². The Morgan fingerprint density at radius 3 is 2.33 bits per heavy atom. The molecule has 6 heteroatoms. The molecule has 0 unspecified atom stereocenters. The van der Waals surface area contributed by atoms with Gasteiger partial charge in [0.1, 0.15) is 17.3 Å². The molecule has 2 heterocycles. The molecule has 0 aliphatic carbocycles. The Morgan fingerprint density at radius 1 is 1.03 bits per heavy atom. The number of rotatable bonds is 6.